The number of amides is 1. The van der Waals surface area contributed by atoms with E-state index in [2.05, 4.69) is 11.9 Å². The number of rotatable bonds is 6. The summed E-state index contributed by atoms with van der Waals surface area (Å²) in [7, 11) is 0. The molecule has 2 aromatic carbocycles. The van der Waals surface area contributed by atoms with Crippen LogP contribution in [0.3, 0.4) is 0 Å². The second kappa shape index (κ2) is 7.77. The lowest BCUT2D eigenvalue weighted by Crippen LogP contribution is -2.22. The molecule has 0 unspecified atom stereocenters. The highest BCUT2D eigenvalue weighted by atomic mass is 19.1. The maximum Gasteiger partial charge on any atom is 0.227 e. The maximum absolute atomic E-state index is 14.1. The molecule has 2 aromatic rings. The molecule has 0 radical (unpaired) electrons. The molecule has 3 N–H and O–H groups in total. The summed E-state index contributed by atoms with van der Waals surface area (Å²) in [5, 5.41) is 2.93. The van der Waals surface area contributed by atoms with Gasteiger partial charge in [0.25, 0.3) is 0 Å². The Labute approximate surface area is 142 Å². The molecule has 0 aliphatic heterocycles. The Kier molecular flexibility index (Phi) is 5.74. The molecular formula is C20H23FN2O. The van der Waals surface area contributed by atoms with Gasteiger partial charge in [-0.1, -0.05) is 38.6 Å². The SMILES string of the molecule is C=C(c1ccccc1F)c1cc(N)ccc1NC(=O)C(CC)CC. The summed E-state index contributed by atoms with van der Waals surface area (Å²) in [5.41, 5.74) is 8.50. The first-order chi connectivity index (χ1) is 11.5. The van der Waals surface area contributed by atoms with Crippen LogP contribution in [-0.2, 0) is 4.79 Å². The van der Waals surface area contributed by atoms with E-state index in [9.17, 15) is 9.18 Å². The van der Waals surface area contributed by atoms with Gasteiger partial charge in [0.1, 0.15) is 5.82 Å². The third-order valence-electron chi connectivity index (χ3n) is 4.18. The molecule has 0 aliphatic carbocycles. The van der Waals surface area contributed by atoms with Crippen molar-refractivity contribution in [2.24, 2.45) is 5.92 Å². The van der Waals surface area contributed by atoms with Crippen molar-refractivity contribution >= 4 is 22.9 Å². The van der Waals surface area contributed by atoms with Crippen LogP contribution < -0.4 is 11.1 Å². The number of nitrogens with two attached hydrogens (primary N) is 1. The normalized spacial score (nSPS) is 10.7. The van der Waals surface area contributed by atoms with Crippen LogP contribution in [0.5, 0.6) is 0 Å². The number of nitrogens with one attached hydrogen (secondary N) is 1. The Morgan fingerprint density at radius 3 is 2.46 bits per heavy atom. The van der Waals surface area contributed by atoms with Crippen LogP contribution in [0.2, 0.25) is 0 Å². The zero-order chi connectivity index (χ0) is 17.7. The Morgan fingerprint density at radius 1 is 1.17 bits per heavy atom. The minimum atomic E-state index is -0.359. The molecule has 0 fully saturated rings. The van der Waals surface area contributed by atoms with Crippen molar-refractivity contribution in [2.45, 2.75) is 26.7 Å². The molecule has 0 aliphatic rings. The van der Waals surface area contributed by atoms with Crippen molar-refractivity contribution in [2.75, 3.05) is 11.1 Å². The topological polar surface area (TPSA) is 55.1 Å². The number of benzene rings is 2. The zero-order valence-corrected chi connectivity index (χ0v) is 14.1. The first kappa shape index (κ1) is 17.7. The van der Waals surface area contributed by atoms with Gasteiger partial charge in [0.2, 0.25) is 5.91 Å². The summed E-state index contributed by atoms with van der Waals surface area (Å²) in [6, 6.07) is 11.6. The third-order valence-corrected chi connectivity index (χ3v) is 4.18. The average molecular weight is 326 g/mol. The van der Waals surface area contributed by atoms with Gasteiger partial charge in [-0.25, -0.2) is 4.39 Å². The largest absolute Gasteiger partial charge is 0.399 e. The van der Waals surface area contributed by atoms with Crippen molar-refractivity contribution < 1.29 is 9.18 Å². The van der Waals surface area contributed by atoms with E-state index in [1.807, 2.05) is 13.8 Å². The molecule has 0 heterocycles. The van der Waals surface area contributed by atoms with E-state index in [1.165, 1.54) is 6.07 Å². The van der Waals surface area contributed by atoms with Gasteiger partial charge in [0.15, 0.2) is 0 Å². The quantitative estimate of drug-likeness (QED) is 0.746. The van der Waals surface area contributed by atoms with Gasteiger partial charge in [0, 0.05) is 28.4 Å². The number of carbonyl (C=O) groups is 1. The molecule has 0 saturated carbocycles. The van der Waals surface area contributed by atoms with E-state index in [0.29, 0.717) is 28.1 Å². The standard InChI is InChI=1S/C20H23FN2O/c1-4-14(5-2)20(24)23-19-11-10-15(22)12-17(19)13(3)16-8-6-7-9-18(16)21/h6-12,14H,3-5,22H2,1-2H3,(H,23,24). The number of carbonyl (C=O) groups excluding carboxylic acids is 1. The van der Waals surface area contributed by atoms with E-state index < -0.39 is 0 Å². The fourth-order valence-electron chi connectivity index (χ4n) is 2.67. The third kappa shape index (κ3) is 3.82. The number of halogens is 1. The minimum Gasteiger partial charge on any atom is -0.399 e. The molecule has 2 rings (SSSR count). The van der Waals surface area contributed by atoms with Gasteiger partial charge >= 0.3 is 0 Å². The first-order valence-electron chi connectivity index (χ1n) is 8.12. The van der Waals surface area contributed by atoms with Gasteiger partial charge in [-0.2, -0.15) is 0 Å². The van der Waals surface area contributed by atoms with E-state index in [1.54, 1.807) is 36.4 Å². The Morgan fingerprint density at radius 2 is 1.83 bits per heavy atom. The van der Waals surface area contributed by atoms with Crippen molar-refractivity contribution in [1.82, 2.24) is 0 Å². The number of hydrogen-bond donors (Lipinski definition) is 2. The number of hydrogen-bond acceptors (Lipinski definition) is 2. The Hall–Kier alpha value is -2.62. The van der Waals surface area contributed by atoms with E-state index >= 15 is 0 Å². The van der Waals surface area contributed by atoms with Gasteiger partial charge in [0.05, 0.1) is 0 Å². The molecule has 0 saturated heterocycles. The fraction of sp³-hybridized carbons (Fsp3) is 0.250. The molecule has 1 amide bonds. The molecule has 0 bridgehead atoms. The van der Waals surface area contributed by atoms with Crippen LogP contribution in [-0.4, -0.2) is 5.91 Å². The van der Waals surface area contributed by atoms with Crippen molar-refractivity contribution in [1.29, 1.82) is 0 Å². The van der Waals surface area contributed by atoms with Crippen LogP contribution in [0, 0.1) is 11.7 Å². The smallest absolute Gasteiger partial charge is 0.227 e. The summed E-state index contributed by atoms with van der Waals surface area (Å²) in [5.74, 6) is -0.466. The Balaban J connectivity index is 2.40. The van der Waals surface area contributed by atoms with E-state index in [4.69, 9.17) is 5.73 Å². The van der Waals surface area contributed by atoms with Crippen LogP contribution in [0.1, 0.15) is 37.8 Å². The highest BCUT2D eigenvalue weighted by molar-refractivity contribution is 5.97. The lowest BCUT2D eigenvalue weighted by molar-refractivity contribution is -0.120. The first-order valence-corrected chi connectivity index (χ1v) is 8.12. The second-order valence-corrected chi connectivity index (χ2v) is 5.77. The summed E-state index contributed by atoms with van der Waals surface area (Å²) in [6.45, 7) is 7.97. The molecule has 3 nitrogen and oxygen atoms in total. The zero-order valence-electron chi connectivity index (χ0n) is 14.1. The molecule has 0 spiro atoms. The highest BCUT2D eigenvalue weighted by Crippen LogP contribution is 2.31. The van der Waals surface area contributed by atoms with Gasteiger partial charge < -0.3 is 11.1 Å². The molecule has 24 heavy (non-hydrogen) atoms. The van der Waals surface area contributed by atoms with Crippen LogP contribution >= 0.6 is 0 Å². The lowest BCUT2D eigenvalue weighted by atomic mass is 9.96. The van der Waals surface area contributed by atoms with Gasteiger partial charge in [-0.15, -0.1) is 0 Å². The number of anilines is 2. The summed E-state index contributed by atoms with van der Waals surface area (Å²) in [4.78, 5) is 12.4. The minimum absolute atomic E-state index is 0.0487. The van der Waals surface area contributed by atoms with Crippen molar-refractivity contribution in [3.05, 3.63) is 66.0 Å². The predicted octanol–water partition coefficient (Wildman–Crippen LogP) is 4.84. The van der Waals surface area contributed by atoms with Crippen molar-refractivity contribution in [3.8, 4) is 0 Å². The summed E-state index contributed by atoms with van der Waals surface area (Å²) >= 11 is 0. The molecule has 126 valence electrons. The average Bonchev–Trinajstić information content (AvgIpc) is 2.57. The van der Waals surface area contributed by atoms with Gasteiger partial charge in [-0.3, -0.25) is 4.79 Å². The molecule has 0 aromatic heterocycles. The highest BCUT2D eigenvalue weighted by Gasteiger charge is 2.18. The molecule has 4 heteroatoms. The Bertz CT molecular complexity index is 751. The van der Waals surface area contributed by atoms with E-state index in [-0.39, 0.29) is 17.6 Å². The number of nitrogen functional groups attached to an aromatic ring is 1. The van der Waals surface area contributed by atoms with E-state index in [0.717, 1.165) is 12.8 Å². The summed E-state index contributed by atoms with van der Waals surface area (Å²) in [6.07, 6.45) is 1.53. The molecular weight excluding hydrogens is 303 g/mol. The van der Waals surface area contributed by atoms with Gasteiger partial charge in [-0.05, 0) is 42.7 Å². The predicted molar refractivity (Wildman–Crippen MR) is 98.1 cm³/mol. The van der Waals surface area contributed by atoms with Crippen LogP contribution in [0.4, 0.5) is 15.8 Å². The van der Waals surface area contributed by atoms with Crippen molar-refractivity contribution in [3.63, 3.8) is 0 Å². The fourth-order valence-corrected chi connectivity index (χ4v) is 2.67. The maximum atomic E-state index is 14.1. The second-order valence-electron chi connectivity index (χ2n) is 5.77. The monoisotopic (exact) mass is 326 g/mol. The summed E-state index contributed by atoms with van der Waals surface area (Å²) < 4.78 is 14.1. The van der Waals surface area contributed by atoms with Crippen LogP contribution in [0.15, 0.2) is 49.0 Å². The van der Waals surface area contributed by atoms with Crippen LogP contribution in [0.25, 0.3) is 5.57 Å². The molecule has 0 atom stereocenters. The lowest BCUT2D eigenvalue weighted by Gasteiger charge is -2.17.